The minimum absolute atomic E-state index is 0. The summed E-state index contributed by atoms with van der Waals surface area (Å²) < 4.78 is 3.24. The van der Waals surface area contributed by atoms with E-state index >= 15 is 0 Å². The molecule has 0 unspecified atom stereocenters. The van der Waals surface area contributed by atoms with Crippen LogP contribution in [0.5, 0.6) is 0 Å². The largest absolute Gasteiger partial charge is 0.351 e. The molecule has 4 rings (SSSR count). The Hall–Kier alpha value is -2.51. The van der Waals surface area contributed by atoms with E-state index in [2.05, 4.69) is 15.3 Å². The number of para-hydroxylation sites is 1. The molecule has 1 saturated heterocycles. The maximum absolute atomic E-state index is 13.2. The molecule has 0 aliphatic carbocycles. The second-order valence-corrected chi connectivity index (χ2v) is 7.49. The molecule has 8 heteroatoms. The van der Waals surface area contributed by atoms with Gasteiger partial charge in [0.15, 0.2) is 0 Å². The molecule has 2 aromatic heterocycles. The number of rotatable bonds is 5. The maximum Gasteiger partial charge on any atom is 0.351 e. The van der Waals surface area contributed by atoms with E-state index in [4.69, 9.17) is 5.10 Å². The Morgan fingerprint density at radius 2 is 1.72 bits per heavy atom. The number of nitrogens with zero attached hydrogens (tertiary/aromatic N) is 5. The van der Waals surface area contributed by atoms with E-state index in [0.717, 1.165) is 55.3 Å². The molecule has 0 spiro atoms. The van der Waals surface area contributed by atoms with Crippen molar-refractivity contribution in [2.75, 3.05) is 13.1 Å². The minimum atomic E-state index is -0.141. The van der Waals surface area contributed by atoms with Gasteiger partial charge in [0.25, 0.3) is 0 Å². The summed E-state index contributed by atoms with van der Waals surface area (Å²) in [5, 5.41) is 8.10. The van der Waals surface area contributed by atoms with Gasteiger partial charge < -0.3 is 5.32 Å². The van der Waals surface area contributed by atoms with Gasteiger partial charge in [-0.25, -0.2) is 24.0 Å². The topological polar surface area (TPSA) is 77.6 Å². The average Bonchev–Trinajstić information content (AvgIpc) is 2.97. The lowest BCUT2D eigenvalue weighted by molar-refractivity contribution is 0.365. The van der Waals surface area contributed by atoms with Crippen LogP contribution in [0, 0.1) is 19.8 Å². The summed E-state index contributed by atoms with van der Waals surface area (Å²) in [6.07, 6.45) is 3.01. The highest BCUT2D eigenvalue weighted by molar-refractivity contribution is 5.85. The van der Waals surface area contributed by atoms with Crippen LogP contribution < -0.4 is 11.0 Å². The molecule has 1 fully saturated rings. The standard InChI is InChI=1S/C21H26N6O.ClH/c1-15-12-16(2)24-19(23-15)14-26-21(28)27(18-6-4-3-5-7-18)20(25-26)13-17-8-10-22-11-9-17;/h3-7,12,17,22H,8-11,13-14H2,1-2H3;1H. The van der Waals surface area contributed by atoms with Crippen LogP contribution in [0.3, 0.4) is 0 Å². The molecule has 1 aromatic carbocycles. The van der Waals surface area contributed by atoms with Crippen molar-refractivity contribution in [2.24, 2.45) is 5.92 Å². The number of benzene rings is 1. The first-order chi connectivity index (χ1) is 13.6. The number of nitrogens with one attached hydrogen (secondary N) is 1. The fourth-order valence-electron chi connectivity index (χ4n) is 3.87. The van der Waals surface area contributed by atoms with E-state index in [1.54, 1.807) is 4.57 Å². The first-order valence-electron chi connectivity index (χ1n) is 9.86. The van der Waals surface area contributed by atoms with Crippen molar-refractivity contribution in [3.05, 3.63) is 69.9 Å². The number of aryl methyl sites for hydroxylation is 2. The van der Waals surface area contributed by atoms with Gasteiger partial charge in [0.1, 0.15) is 18.2 Å². The second kappa shape index (κ2) is 9.33. The summed E-state index contributed by atoms with van der Waals surface area (Å²) in [4.78, 5) is 22.1. The van der Waals surface area contributed by atoms with Gasteiger partial charge in [-0.2, -0.15) is 5.10 Å². The van der Waals surface area contributed by atoms with Gasteiger partial charge in [0.2, 0.25) is 0 Å². The van der Waals surface area contributed by atoms with Crippen molar-refractivity contribution in [1.29, 1.82) is 0 Å². The molecule has 1 aliphatic rings. The fraction of sp³-hybridized carbons (Fsp3) is 0.429. The highest BCUT2D eigenvalue weighted by Crippen LogP contribution is 2.18. The monoisotopic (exact) mass is 414 g/mol. The molecule has 0 saturated carbocycles. The van der Waals surface area contributed by atoms with E-state index in [9.17, 15) is 4.79 Å². The first kappa shape index (κ1) is 21.2. The van der Waals surface area contributed by atoms with Gasteiger partial charge in [-0.05, 0) is 63.9 Å². The molecule has 154 valence electrons. The van der Waals surface area contributed by atoms with Gasteiger partial charge in [-0.15, -0.1) is 12.4 Å². The van der Waals surface area contributed by atoms with Crippen LogP contribution in [0.1, 0.15) is 35.9 Å². The lowest BCUT2D eigenvalue weighted by atomic mass is 9.94. The zero-order valence-corrected chi connectivity index (χ0v) is 17.7. The van der Waals surface area contributed by atoms with Crippen LogP contribution in [0.2, 0.25) is 0 Å². The number of piperidine rings is 1. The molecule has 7 nitrogen and oxygen atoms in total. The number of halogens is 1. The number of hydrogen-bond acceptors (Lipinski definition) is 5. The summed E-state index contributed by atoms with van der Waals surface area (Å²) in [6, 6.07) is 11.7. The smallest absolute Gasteiger partial charge is 0.317 e. The first-order valence-corrected chi connectivity index (χ1v) is 9.86. The van der Waals surface area contributed by atoms with Crippen LogP contribution in [0.15, 0.2) is 41.2 Å². The summed E-state index contributed by atoms with van der Waals surface area (Å²) in [5.41, 5.74) is 2.50. The predicted octanol–water partition coefficient (Wildman–Crippen LogP) is 2.45. The SMILES string of the molecule is Cc1cc(C)nc(Cn2nc(CC3CCNCC3)n(-c3ccccc3)c2=O)n1.Cl. The maximum atomic E-state index is 13.2. The van der Waals surface area contributed by atoms with Gasteiger partial charge in [-0.1, -0.05) is 18.2 Å². The van der Waals surface area contributed by atoms with Crippen molar-refractivity contribution in [1.82, 2.24) is 29.6 Å². The molecule has 0 radical (unpaired) electrons. The Bertz CT molecular complexity index is 988. The van der Waals surface area contributed by atoms with Crippen molar-refractivity contribution < 1.29 is 0 Å². The van der Waals surface area contributed by atoms with E-state index in [0.29, 0.717) is 11.7 Å². The van der Waals surface area contributed by atoms with Crippen molar-refractivity contribution in [3.8, 4) is 5.69 Å². The van der Waals surface area contributed by atoms with Crippen molar-refractivity contribution in [3.63, 3.8) is 0 Å². The molecule has 0 atom stereocenters. The highest BCUT2D eigenvalue weighted by atomic mass is 35.5. The van der Waals surface area contributed by atoms with E-state index < -0.39 is 0 Å². The van der Waals surface area contributed by atoms with E-state index in [-0.39, 0.29) is 24.6 Å². The minimum Gasteiger partial charge on any atom is -0.317 e. The van der Waals surface area contributed by atoms with Crippen LogP contribution in [0.25, 0.3) is 5.69 Å². The quantitative estimate of drug-likeness (QED) is 0.693. The second-order valence-electron chi connectivity index (χ2n) is 7.49. The van der Waals surface area contributed by atoms with Crippen LogP contribution in [-0.4, -0.2) is 37.4 Å². The third-order valence-corrected chi connectivity index (χ3v) is 5.17. The molecule has 3 heterocycles. The number of hydrogen-bond donors (Lipinski definition) is 1. The average molecular weight is 415 g/mol. The number of aromatic nitrogens is 5. The van der Waals surface area contributed by atoms with Crippen LogP contribution >= 0.6 is 12.4 Å². The summed E-state index contributed by atoms with van der Waals surface area (Å²) in [6.45, 7) is 6.20. The molecule has 0 bridgehead atoms. The van der Waals surface area contributed by atoms with Gasteiger partial charge >= 0.3 is 5.69 Å². The van der Waals surface area contributed by atoms with Crippen LogP contribution in [-0.2, 0) is 13.0 Å². The Balaban J connectivity index is 0.00000240. The lowest BCUT2D eigenvalue weighted by Crippen LogP contribution is -2.29. The van der Waals surface area contributed by atoms with Gasteiger partial charge in [0, 0.05) is 17.8 Å². The van der Waals surface area contributed by atoms with Gasteiger partial charge in [0.05, 0.1) is 5.69 Å². The molecule has 0 amide bonds. The zero-order chi connectivity index (χ0) is 19.5. The molecule has 3 aromatic rings. The third-order valence-electron chi connectivity index (χ3n) is 5.17. The summed E-state index contributed by atoms with van der Waals surface area (Å²) in [5.74, 6) is 1.97. The van der Waals surface area contributed by atoms with E-state index in [1.807, 2.05) is 50.2 Å². The fourth-order valence-corrected chi connectivity index (χ4v) is 3.87. The Kier molecular flexibility index (Phi) is 6.82. The van der Waals surface area contributed by atoms with Gasteiger partial charge in [-0.3, -0.25) is 0 Å². The molecular weight excluding hydrogens is 388 g/mol. The van der Waals surface area contributed by atoms with E-state index in [1.165, 1.54) is 4.68 Å². The normalized spacial score (nSPS) is 14.6. The third kappa shape index (κ3) is 4.92. The van der Waals surface area contributed by atoms with Crippen molar-refractivity contribution in [2.45, 2.75) is 39.7 Å². The summed E-state index contributed by atoms with van der Waals surface area (Å²) >= 11 is 0. The Labute approximate surface area is 176 Å². The zero-order valence-electron chi connectivity index (χ0n) is 16.8. The highest BCUT2D eigenvalue weighted by Gasteiger charge is 2.21. The molecule has 1 N–H and O–H groups in total. The molecule has 29 heavy (non-hydrogen) atoms. The molecular formula is C21H27ClN6O. The summed E-state index contributed by atoms with van der Waals surface area (Å²) in [7, 11) is 0. The Morgan fingerprint density at radius 3 is 2.38 bits per heavy atom. The predicted molar refractivity (Wildman–Crippen MR) is 115 cm³/mol. The Morgan fingerprint density at radius 1 is 1.07 bits per heavy atom. The van der Waals surface area contributed by atoms with Crippen LogP contribution in [0.4, 0.5) is 0 Å². The molecule has 1 aliphatic heterocycles. The lowest BCUT2D eigenvalue weighted by Gasteiger charge is -2.22. The van der Waals surface area contributed by atoms with Crippen molar-refractivity contribution >= 4 is 12.4 Å².